The Kier molecular flexibility index (Phi) is 4.50. The van der Waals surface area contributed by atoms with Crippen molar-refractivity contribution >= 4 is 17.8 Å². The summed E-state index contributed by atoms with van der Waals surface area (Å²) in [6.45, 7) is 0.300. The van der Waals surface area contributed by atoms with Gasteiger partial charge in [0.05, 0.1) is 6.42 Å². The van der Waals surface area contributed by atoms with Crippen LogP contribution < -0.4 is 16.0 Å². The van der Waals surface area contributed by atoms with Gasteiger partial charge in [-0.15, -0.1) is 0 Å². The second-order valence-electron chi connectivity index (χ2n) is 5.20. The van der Waals surface area contributed by atoms with Crippen LogP contribution in [0.4, 0.5) is 4.79 Å². The Morgan fingerprint density at radius 1 is 1.25 bits per heavy atom. The highest BCUT2D eigenvalue weighted by Crippen LogP contribution is 2.15. The summed E-state index contributed by atoms with van der Waals surface area (Å²) < 4.78 is 5.17. The van der Waals surface area contributed by atoms with Crippen molar-refractivity contribution in [2.75, 3.05) is 6.54 Å². The van der Waals surface area contributed by atoms with Crippen LogP contribution in [0.3, 0.4) is 0 Å². The van der Waals surface area contributed by atoms with Gasteiger partial charge >= 0.3 is 6.03 Å². The first-order valence-electron chi connectivity index (χ1n) is 7.38. The normalized spacial score (nSPS) is 16.6. The predicted molar refractivity (Wildman–Crippen MR) is 81.5 cm³/mol. The van der Waals surface area contributed by atoms with Gasteiger partial charge in [0, 0.05) is 18.5 Å². The summed E-state index contributed by atoms with van der Waals surface area (Å²) in [6, 6.07) is 7.95. The van der Waals surface area contributed by atoms with Gasteiger partial charge < -0.3 is 15.2 Å². The maximum atomic E-state index is 11.8. The van der Waals surface area contributed by atoms with Gasteiger partial charge in [-0.2, -0.15) is 4.98 Å². The molecule has 1 aliphatic heterocycles. The van der Waals surface area contributed by atoms with Crippen LogP contribution in [0, 0.1) is 0 Å². The van der Waals surface area contributed by atoms with E-state index in [4.69, 9.17) is 4.52 Å². The Balaban J connectivity index is 1.45. The van der Waals surface area contributed by atoms with E-state index in [1.54, 1.807) is 0 Å². The molecule has 24 heavy (non-hydrogen) atoms. The molecule has 3 rings (SSSR count). The number of carbonyl (C=O) groups is 3. The molecule has 0 saturated carbocycles. The van der Waals surface area contributed by atoms with Gasteiger partial charge in [0.15, 0.2) is 5.82 Å². The topological polar surface area (TPSA) is 126 Å². The van der Waals surface area contributed by atoms with Crippen molar-refractivity contribution in [2.24, 2.45) is 0 Å². The van der Waals surface area contributed by atoms with Crippen LogP contribution in [0.2, 0.25) is 0 Å². The van der Waals surface area contributed by atoms with Crippen LogP contribution in [0.25, 0.3) is 11.5 Å². The van der Waals surface area contributed by atoms with Gasteiger partial charge in [-0.3, -0.25) is 14.9 Å². The summed E-state index contributed by atoms with van der Waals surface area (Å²) in [5, 5.41) is 10.9. The number of aromatic nitrogens is 2. The van der Waals surface area contributed by atoms with Crippen molar-refractivity contribution in [2.45, 2.75) is 18.9 Å². The number of hydrogen-bond donors (Lipinski definition) is 3. The fourth-order valence-electron chi connectivity index (χ4n) is 2.23. The highest BCUT2D eigenvalue weighted by atomic mass is 16.5. The molecule has 1 fully saturated rings. The second-order valence-corrected chi connectivity index (χ2v) is 5.20. The smallest absolute Gasteiger partial charge is 0.322 e. The molecule has 124 valence electrons. The maximum Gasteiger partial charge on any atom is 0.322 e. The zero-order valence-electron chi connectivity index (χ0n) is 12.6. The van der Waals surface area contributed by atoms with Gasteiger partial charge in [0.1, 0.15) is 6.04 Å². The van der Waals surface area contributed by atoms with E-state index in [-0.39, 0.29) is 12.3 Å². The Labute approximate surface area is 136 Å². The quantitative estimate of drug-likeness (QED) is 0.640. The van der Waals surface area contributed by atoms with Gasteiger partial charge in [-0.05, 0) is 12.1 Å². The summed E-state index contributed by atoms with van der Waals surface area (Å²) in [4.78, 5) is 38.3. The van der Waals surface area contributed by atoms with Crippen molar-refractivity contribution in [3.05, 3.63) is 36.2 Å². The first-order chi connectivity index (χ1) is 11.6. The fraction of sp³-hybridized carbons (Fsp3) is 0.267. The minimum absolute atomic E-state index is 0.112. The third-order valence-electron chi connectivity index (χ3n) is 3.41. The lowest BCUT2D eigenvalue weighted by atomic mass is 10.2. The van der Waals surface area contributed by atoms with E-state index in [9.17, 15) is 14.4 Å². The Morgan fingerprint density at radius 2 is 2.04 bits per heavy atom. The molecule has 9 nitrogen and oxygen atoms in total. The van der Waals surface area contributed by atoms with Gasteiger partial charge in [-0.25, -0.2) is 4.79 Å². The van der Waals surface area contributed by atoms with E-state index in [1.807, 2.05) is 30.3 Å². The summed E-state index contributed by atoms with van der Waals surface area (Å²) in [7, 11) is 0. The molecule has 1 aromatic carbocycles. The van der Waals surface area contributed by atoms with Crippen molar-refractivity contribution in [3.8, 4) is 11.5 Å². The molecule has 1 atom stereocenters. The molecule has 2 heterocycles. The number of urea groups is 1. The minimum atomic E-state index is -0.827. The van der Waals surface area contributed by atoms with E-state index in [0.717, 1.165) is 5.56 Å². The molecule has 0 spiro atoms. The van der Waals surface area contributed by atoms with Gasteiger partial charge in [-0.1, -0.05) is 23.4 Å². The summed E-state index contributed by atoms with van der Waals surface area (Å²) in [5.41, 5.74) is 0.822. The van der Waals surface area contributed by atoms with Crippen molar-refractivity contribution in [3.63, 3.8) is 0 Å². The zero-order chi connectivity index (χ0) is 16.9. The van der Waals surface area contributed by atoms with Crippen LogP contribution in [0.1, 0.15) is 12.2 Å². The van der Waals surface area contributed by atoms with Crippen LogP contribution in [-0.2, 0) is 16.0 Å². The molecule has 4 amide bonds. The molecule has 1 saturated heterocycles. The van der Waals surface area contributed by atoms with Crippen molar-refractivity contribution in [1.29, 1.82) is 0 Å². The van der Waals surface area contributed by atoms with E-state index in [0.29, 0.717) is 24.7 Å². The molecule has 0 radical (unpaired) electrons. The van der Waals surface area contributed by atoms with Crippen molar-refractivity contribution < 1.29 is 18.9 Å². The average Bonchev–Trinajstić information content (AvgIpc) is 3.15. The fourth-order valence-corrected chi connectivity index (χ4v) is 2.23. The first kappa shape index (κ1) is 15.7. The monoisotopic (exact) mass is 329 g/mol. The summed E-state index contributed by atoms with van der Waals surface area (Å²) in [6.07, 6.45) is 0.282. The zero-order valence-corrected chi connectivity index (χ0v) is 12.6. The number of imide groups is 1. The van der Waals surface area contributed by atoms with Crippen LogP contribution in [0.5, 0.6) is 0 Å². The number of hydrogen-bond acceptors (Lipinski definition) is 6. The molecule has 9 heteroatoms. The van der Waals surface area contributed by atoms with Gasteiger partial charge in [0.2, 0.25) is 5.91 Å². The molecular weight excluding hydrogens is 314 g/mol. The standard InChI is InChI=1S/C15H15N5O4/c21-12(8-10-13(22)19-15(23)17-10)16-7-6-11-18-14(24-20-11)9-4-2-1-3-5-9/h1-5,10H,6-8H2,(H,16,21)(H2,17,19,22,23)/t10-/m0/s1. The van der Waals surface area contributed by atoms with Gasteiger partial charge in [0.25, 0.3) is 11.8 Å². The SMILES string of the molecule is O=C(C[C@@H]1NC(=O)NC1=O)NCCc1noc(-c2ccccc2)n1. The number of nitrogens with one attached hydrogen (secondary N) is 3. The molecule has 1 aliphatic rings. The molecule has 3 N–H and O–H groups in total. The molecule has 0 bridgehead atoms. The van der Waals surface area contributed by atoms with Crippen LogP contribution >= 0.6 is 0 Å². The molecule has 2 aromatic rings. The maximum absolute atomic E-state index is 11.8. The minimum Gasteiger partial charge on any atom is -0.356 e. The Hall–Kier alpha value is -3.23. The third-order valence-corrected chi connectivity index (χ3v) is 3.41. The number of carbonyl (C=O) groups excluding carboxylic acids is 3. The molecular formula is C15H15N5O4. The van der Waals surface area contributed by atoms with Crippen LogP contribution in [0.15, 0.2) is 34.9 Å². The number of amides is 4. The van der Waals surface area contributed by atoms with E-state index in [2.05, 4.69) is 26.1 Å². The lowest BCUT2D eigenvalue weighted by molar-refractivity contribution is -0.126. The number of rotatable bonds is 6. The lowest BCUT2D eigenvalue weighted by Gasteiger charge is -2.07. The number of nitrogens with zero attached hydrogens (tertiary/aromatic N) is 2. The highest BCUT2D eigenvalue weighted by Gasteiger charge is 2.31. The largest absolute Gasteiger partial charge is 0.356 e. The molecule has 0 aliphatic carbocycles. The van der Waals surface area contributed by atoms with Crippen LogP contribution in [-0.4, -0.2) is 40.6 Å². The first-order valence-corrected chi connectivity index (χ1v) is 7.38. The summed E-state index contributed by atoms with van der Waals surface area (Å²) in [5.74, 6) is 0.0493. The second kappa shape index (κ2) is 6.90. The third kappa shape index (κ3) is 3.75. The van der Waals surface area contributed by atoms with E-state index in [1.165, 1.54) is 0 Å². The lowest BCUT2D eigenvalue weighted by Crippen LogP contribution is -2.36. The Bertz CT molecular complexity index is 758. The Morgan fingerprint density at radius 3 is 2.75 bits per heavy atom. The predicted octanol–water partition coefficient (Wildman–Crippen LogP) is -0.00660. The van der Waals surface area contributed by atoms with E-state index >= 15 is 0 Å². The highest BCUT2D eigenvalue weighted by molar-refractivity contribution is 6.05. The summed E-state index contributed by atoms with van der Waals surface area (Å²) >= 11 is 0. The average molecular weight is 329 g/mol. The van der Waals surface area contributed by atoms with Crippen molar-refractivity contribution in [1.82, 2.24) is 26.1 Å². The molecule has 1 aromatic heterocycles. The van der Waals surface area contributed by atoms with E-state index < -0.39 is 18.0 Å². The number of benzene rings is 1. The molecule has 0 unspecified atom stereocenters.